The van der Waals surface area contributed by atoms with Crippen molar-refractivity contribution in [3.63, 3.8) is 0 Å². The van der Waals surface area contributed by atoms with Crippen molar-refractivity contribution in [3.8, 4) is 23.0 Å². The summed E-state index contributed by atoms with van der Waals surface area (Å²) in [5.41, 5.74) is 3.76. The summed E-state index contributed by atoms with van der Waals surface area (Å²) in [5, 5.41) is 2.32. The Morgan fingerprint density at radius 3 is 2.08 bits per heavy atom. The van der Waals surface area contributed by atoms with Gasteiger partial charge >= 0.3 is 0 Å². The quantitative estimate of drug-likeness (QED) is 0.910. The molecule has 0 aromatic heterocycles. The molecule has 0 saturated heterocycles. The molecule has 5 nitrogen and oxygen atoms in total. The third-order valence-corrected chi connectivity index (χ3v) is 4.60. The van der Waals surface area contributed by atoms with Crippen molar-refractivity contribution < 1.29 is 24.3 Å². The van der Waals surface area contributed by atoms with Crippen LogP contribution in [0.1, 0.15) is 22.6 Å². The van der Waals surface area contributed by atoms with Crippen molar-refractivity contribution in [3.05, 3.63) is 47.0 Å². The molecule has 1 atom stereocenters. The normalized spacial score (nSPS) is 16.2. The van der Waals surface area contributed by atoms with Gasteiger partial charge in [-0.05, 0) is 35.4 Å². The number of hydrogen-bond acceptors (Lipinski definition) is 4. The van der Waals surface area contributed by atoms with E-state index in [0.717, 1.165) is 36.1 Å². The van der Waals surface area contributed by atoms with Crippen molar-refractivity contribution in [2.24, 2.45) is 0 Å². The first-order chi connectivity index (χ1) is 11.7. The van der Waals surface area contributed by atoms with E-state index in [0.29, 0.717) is 0 Å². The number of quaternary nitrogens is 1. The van der Waals surface area contributed by atoms with Crippen LogP contribution in [0.15, 0.2) is 30.3 Å². The molecule has 1 aliphatic heterocycles. The molecule has 2 N–H and O–H groups in total. The van der Waals surface area contributed by atoms with Gasteiger partial charge < -0.3 is 24.3 Å². The van der Waals surface area contributed by atoms with Gasteiger partial charge in [-0.3, -0.25) is 0 Å². The highest BCUT2D eigenvalue weighted by atomic mass is 16.5. The van der Waals surface area contributed by atoms with Crippen molar-refractivity contribution in [1.29, 1.82) is 0 Å². The molecule has 0 fully saturated rings. The fourth-order valence-corrected chi connectivity index (χ4v) is 3.36. The van der Waals surface area contributed by atoms with Crippen LogP contribution in [0, 0.1) is 0 Å². The molecule has 0 radical (unpaired) electrons. The number of nitrogens with two attached hydrogens (primary N) is 1. The molecule has 5 heteroatoms. The lowest BCUT2D eigenvalue weighted by atomic mass is 9.85. The minimum absolute atomic E-state index is 0.272. The van der Waals surface area contributed by atoms with Gasteiger partial charge in [0.15, 0.2) is 23.0 Å². The summed E-state index contributed by atoms with van der Waals surface area (Å²) < 4.78 is 21.7. The summed E-state index contributed by atoms with van der Waals surface area (Å²) in [5.74, 6) is 3.31. The van der Waals surface area contributed by atoms with Crippen LogP contribution >= 0.6 is 0 Å². The average Bonchev–Trinajstić information content (AvgIpc) is 2.65. The van der Waals surface area contributed by atoms with Crippen LogP contribution in [-0.2, 0) is 6.54 Å². The number of rotatable bonds is 5. The Morgan fingerprint density at radius 2 is 1.42 bits per heavy atom. The Bertz CT molecular complexity index is 730. The van der Waals surface area contributed by atoms with E-state index in [1.165, 1.54) is 16.7 Å². The topological polar surface area (TPSA) is 53.5 Å². The van der Waals surface area contributed by atoms with Gasteiger partial charge in [0.1, 0.15) is 6.54 Å². The maximum Gasteiger partial charge on any atom is 0.161 e. The fraction of sp³-hybridized carbons (Fsp3) is 0.368. The van der Waals surface area contributed by atoms with Crippen LogP contribution in [-0.4, -0.2) is 35.0 Å². The Kier molecular flexibility index (Phi) is 4.81. The molecule has 0 aliphatic carbocycles. The first-order valence-corrected chi connectivity index (χ1v) is 8.00. The van der Waals surface area contributed by atoms with Crippen LogP contribution in [0.2, 0.25) is 0 Å². The number of hydrogen-bond donors (Lipinski definition) is 1. The molecule has 1 aliphatic rings. The van der Waals surface area contributed by atoms with Gasteiger partial charge in [-0.2, -0.15) is 0 Å². The highest BCUT2D eigenvalue weighted by Gasteiger charge is 2.27. The Balaban J connectivity index is 2.06. The molecular formula is C19H24NO4+. The van der Waals surface area contributed by atoms with Gasteiger partial charge in [-0.15, -0.1) is 0 Å². The molecular weight excluding hydrogens is 306 g/mol. The molecule has 0 spiro atoms. The SMILES string of the molecule is COc1ccc([C@H]2C[NH2+]Cc3cc(OC)c(OC)cc32)cc1OC. The lowest BCUT2D eigenvalue weighted by Crippen LogP contribution is -2.85. The third kappa shape index (κ3) is 2.87. The van der Waals surface area contributed by atoms with Crippen molar-refractivity contribution >= 4 is 0 Å². The molecule has 0 saturated carbocycles. The zero-order chi connectivity index (χ0) is 17.1. The second kappa shape index (κ2) is 7.01. The van der Waals surface area contributed by atoms with Crippen LogP contribution in [0.5, 0.6) is 23.0 Å². The number of ether oxygens (including phenoxy) is 4. The Morgan fingerprint density at radius 1 is 0.792 bits per heavy atom. The average molecular weight is 330 g/mol. The van der Waals surface area contributed by atoms with Crippen LogP contribution in [0.3, 0.4) is 0 Å². The number of methoxy groups -OCH3 is 4. The third-order valence-electron chi connectivity index (χ3n) is 4.60. The molecule has 0 unspecified atom stereocenters. The smallest absolute Gasteiger partial charge is 0.161 e. The number of benzene rings is 2. The van der Waals surface area contributed by atoms with E-state index < -0.39 is 0 Å². The van der Waals surface area contributed by atoms with Crippen LogP contribution < -0.4 is 24.3 Å². The van der Waals surface area contributed by atoms with E-state index in [1.807, 2.05) is 6.07 Å². The summed E-state index contributed by atoms with van der Waals surface area (Å²) in [7, 11) is 6.65. The van der Waals surface area contributed by atoms with Gasteiger partial charge in [-0.1, -0.05) is 6.07 Å². The predicted molar refractivity (Wildman–Crippen MR) is 91.4 cm³/mol. The van der Waals surface area contributed by atoms with Gasteiger partial charge in [0.25, 0.3) is 0 Å². The molecule has 0 bridgehead atoms. The maximum absolute atomic E-state index is 5.49. The van der Waals surface area contributed by atoms with Gasteiger partial charge in [-0.25, -0.2) is 0 Å². The lowest BCUT2D eigenvalue weighted by Gasteiger charge is -2.26. The minimum Gasteiger partial charge on any atom is -0.493 e. The molecule has 24 heavy (non-hydrogen) atoms. The van der Waals surface area contributed by atoms with E-state index in [1.54, 1.807) is 28.4 Å². The Labute approximate surface area is 142 Å². The molecule has 1 heterocycles. The Hall–Kier alpha value is -2.40. The largest absolute Gasteiger partial charge is 0.493 e. The second-order valence-electron chi connectivity index (χ2n) is 5.80. The summed E-state index contributed by atoms with van der Waals surface area (Å²) in [6.07, 6.45) is 0. The molecule has 0 amide bonds. The molecule has 2 aromatic rings. The van der Waals surface area contributed by atoms with Crippen molar-refractivity contribution in [1.82, 2.24) is 0 Å². The molecule has 128 valence electrons. The van der Waals surface area contributed by atoms with E-state index in [-0.39, 0.29) is 5.92 Å². The van der Waals surface area contributed by atoms with Gasteiger partial charge in [0, 0.05) is 5.56 Å². The summed E-state index contributed by atoms with van der Waals surface area (Å²) in [4.78, 5) is 0. The second-order valence-corrected chi connectivity index (χ2v) is 5.80. The highest BCUT2D eigenvalue weighted by Crippen LogP contribution is 2.39. The summed E-state index contributed by atoms with van der Waals surface area (Å²) >= 11 is 0. The van der Waals surface area contributed by atoms with Gasteiger partial charge in [0.2, 0.25) is 0 Å². The fourth-order valence-electron chi connectivity index (χ4n) is 3.36. The van der Waals surface area contributed by atoms with Gasteiger partial charge in [0.05, 0.1) is 40.9 Å². The maximum atomic E-state index is 5.49. The zero-order valence-corrected chi connectivity index (χ0v) is 14.6. The lowest BCUT2D eigenvalue weighted by molar-refractivity contribution is -0.675. The van der Waals surface area contributed by atoms with E-state index >= 15 is 0 Å². The van der Waals surface area contributed by atoms with Crippen LogP contribution in [0.25, 0.3) is 0 Å². The van der Waals surface area contributed by atoms with E-state index in [4.69, 9.17) is 18.9 Å². The van der Waals surface area contributed by atoms with Crippen LogP contribution in [0.4, 0.5) is 0 Å². The standard InChI is InChI=1S/C19H23NO4/c1-21-16-6-5-12(7-17(16)22-2)15-11-20-10-13-8-18(23-3)19(24-4)9-14(13)15/h5-9,15,20H,10-11H2,1-4H3/p+1/t15-/m1/s1. The van der Waals surface area contributed by atoms with Crippen molar-refractivity contribution in [2.75, 3.05) is 35.0 Å². The first-order valence-electron chi connectivity index (χ1n) is 8.00. The monoisotopic (exact) mass is 330 g/mol. The summed E-state index contributed by atoms with van der Waals surface area (Å²) in [6.45, 7) is 1.93. The van der Waals surface area contributed by atoms with Crippen molar-refractivity contribution in [2.45, 2.75) is 12.5 Å². The molecule has 3 rings (SSSR count). The minimum atomic E-state index is 0.272. The highest BCUT2D eigenvalue weighted by molar-refractivity contribution is 5.53. The first kappa shape index (κ1) is 16.5. The summed E-state index contributed by atoms with van der Waals surface area (Å²) in [6, 6.07) is 10.3. The zero-order valence-electron chi connectivity index (χ0n) is 14.6. The van der Waals surface area contributed by atoms with E-state index in [2.05, 4.69) is 29.6 Å². The predicted octanol–water partition coefficient (Wildman–Crippen LogP) is 1.93. The van der Waals surface area contributed by atoms with E-state index in [9.17, 15) is 0 Å². The number of fused-ring (bicyclic) bond motifs is 1. The molecule has 2 aromatic carbocycles.